The molecule has 0 radical (unpaired) electrons. The molecule has 0 bridgehead atoms. The molecule has 0 nitrogen and oxygen atoms in total. The van der Waals surface area contributed by atoms with Gasteiger partial charge in [0.05, 0.1) is 0 Å². The van der Waals surface area contributed by atoms with Gasteiger partial charge in [0.1, 0.15) is 0 Å². The third-order valence-electron chi connectivity index (χ3n) is 6.10. The maximum Gasteiger partial charge on any atom is 0.310 e. The van der Waals surface area contributed by atoms with E-state index in [1.807, 2.05) is 60.7 Å². The summed E-state index contributed by atoms with van der Waals surface area (Å²) in [5.41, 5.74) is 6.28. The van der Waals surface area contributed by atoms with Crippen LogP contribution in [-0.4, -0.2) is 6.69 Å². The SMILES string of the molecule is CC1=[C-]CC(C(C)(C)C)=C1.CC1=[C-]CC(C(C)(C)C)=C1.Cl[Si](Cl)(c1ccccc1)c1ccccc1.[Hf]. The van der Waals surface area contributed by atoms with E-state index in [0.717, 1.165) is 23.2 Å². The molecule has 0 heterocycles. The van der Waals surface area contributed by atoms with Gasteiger partial charge in [-0.2, -0.15) is 11.1 Å². The zero-order valence-corrected chi connectivity index (χ0v) is 29.2. The van der Waals surface area contributed by atoms with Gasteiger partial charge in [0, 0.05) is 25.8 Å². The van der Waals surface area contributed by atoms with Gasteiger partial charge >= 0.3 is 6.69 Å². The van der Waals surface area contributed by atoms with Gasteiger partial charge in [0.2, 0.25) is 0 Å². The van der Waals surface area contributed by atoms with E-state index in [9.17, 15) is 0 Å². The Morgan fingerprint density at radius 2 is 0.917 bits per heavy atom. The molecule has 0 unspecified atom stereocenters. The van der Waals surface area contributed by atoms with Gasteiger partial charge in [-0.1, -0.05) is 116 Å². The van der Waals surface area contributed by atoms with Crippen LogP contribution in [0, 0.1) is 23.0 Å². The second-order valence-corrected chi connectivity index (χ2v) is 17.5. The fourth-order valence-corrected chi connectivity index (χ4v) is 6.69. The molecule has 0 atom stereocenters. The smallest absolute Gasteiger partial charge is 0.269 e. The maximum atomic E-state index is 6.49. The molecule has 0 saturated heterocycles. The predicted octanol–water partition coefficient (Wildman–Crippen LogP) is 8.94. The maximum absolute atomic E-state index is 6.49. The molecular formula is C32H40Cl2HfSi-2. The van der Waals surface area contributed by atoms with Crippen LogP contribution in [0.15, 0.2) is 95.1 Å². The molecule has 0 fully saturated rings. The van der Waals surface area contributed by atoms with E-state index in [1.54, 1.807) is 0 Å². The standard InChI is InChI=1S/C12H10Cl2Si.2C10H15.Hf/c13-15(14,11-7-3-1-4-8-11)12-9-5-2-6-10-12;2*1-8-5-6-9(7-8)10(2,3)4;/h1-10H;2*7H,6H2,1-4H3;/q;2*-1;. The summed E-state index contributed by atoms with van der Waals surface area (Å²) in [5.74, 6) is 0. The molecule has 0 spiro atoms. The summed E-state index contributed by atoms with van der Waals surface area (Å²) in [6.07, 6.45) is 13.2. The van der Waals surface area contributed by atoms with E-state index in [4.69, 9.17) is 22.2 Å². The van der Waals surface area contributed by atoms with Crippen LogP contribution >= 0.6 is 22.2 Å². The third kappa shape index (κ3) is 10.4. The second kappa shape index (κ2) is 14.3. The minimum Gasteiger partial charge on any atom is -0.269 e. The van der Waals surface area contributed by atoms with Crippen LogP contribution in [0.5, 0.6) is 0 Å². The van der Waals surface area contributed by atoms with Crippen molar-refractivity contribution in [3.63, 3.8) is 0 Å². The molecule has 0 N–H and O–H groups in total. The van der Waals surface area contributed by atoms with Crippen molar-refractivity contribution in [2.24, 2.45) is 10.8 Å². The number of allylic oxidation sites excluding steroid dienone is 8. The van der Waals surface area contributed by atoms with Gasteiger partial charge < -0.3 is 0 Å². The molecule has 36 heavy (non-hydrogen) atoms. The molecule has 0 amide bonds. The number of hydrogen-bond donors (Lipinski definition) is 0. The molecule has 2 aromatic rings. The summed E-state index contributed by atoms with van der Waals surface area (Å²) in [6, 6.07) is 19.7. The number of benzene rings is 2. The Kier molecular flexibility index (Phi) is 13.1. The molecular weight excluding hydrogens is 662 g/mol. The first kappa shape index (κ1) is 33.1. The van der Waals surface area contributed by atoms with Gasteiger partial charge in [-0.15, -0.1) is 35.0 Å². The number of rotatable bonds is 2. The summed E-state index contributed by atoms with van der Waals surface area (Å²) in [4.78, 5) is 0. The van der Waals surface area contributed by atoms with Gasteiger partial charge in [0.25, 0.3) is 0 Å². The van der Waals surface area contributed by atoms with Crippen molar-refractivity contribution in [3.8, 4) is 0 Å². The van der Waals surface area contributed by atoms with Crippen LogP contribution in [0.2, 0.25) is 0 Å². The van der Waals surface area contributed by atoms with Crippen molar-refractivity contribution < 1.29 is 25.8 Å². The molecule has 0 saturated carbocycles. The third-order valence-corrected chi connectivity index (χ3v) is 10.8. The van der Waals surface area contributed by atoms with Gasteiger partial charge in [0.15, 0.2) is 0 Å². The largest absolute Gasteiger partial charge is 0.310 e. The van der Waals surface area contributed by atoms with E-state index in [-0.39, 0.29) is 25.8 Å². The van der Waals surface area contributed by atoms with Gasteiger partial charge in [-0.3, -0.25) is 12.2 Å². The van der Waals surface area contributed by atoms with Crippen LogP contribution in [0.3, 0.4) is 0 Å². The quantitative estimate of drug-likeness (QED) is 0.167. The summed E-state index contributed by atoms with van der Waals surface area (Å²) < 4.78 is 0. The Labute approximate surface area is 249 Å². The van der Waals surface area contributed by atoms with Gasteiger partial charge in [-0.05, 0) is 21.2 Å². The number of halogens is 2. The number of hydrogen-bond acceptors (Lipinski definition) is 0. The molecule has 4 rings (SSSR count). The molecule has 0 aliphatic heterocycles. The summed E-state index contributed by atoms with van der Waals surface area (Å²) in [5, 5.41) is 2.05. The van der Waals surface area contributed by atoms with Crippen molar-refractivity contribution in [2.45, 2.75) is 68.2 Å². The minimum atomic E-state index is -2.51. The minimum absolute atomic E-state index is 0. The van der Waals surface area contributed by atoms with Crippen LogP contribution in [0.25, 0.3) is 0 Å². The molecule has 2 aliphatic carbocycles. The Morgan fingerprint density at radius 3 is 1.11 bits per heavy atom. The first-order valence-electron chi connectivity index (χ1n) is 12.3. The predicted molar refractivity (Wildman–Crippen MR) is 159 cm³/mol. The van der Waals surface area contributed by atoms with E-state index >= 15 is 0 Å². The molecule has 4 heteroatoms. The first-order valence-corrected chi connectivity index (χ1v) is 16.3. The fraction of sp³-hybridized carbons (Fsp3) is 0.375. The molecule has 2 aliphatic rings. The Hall–Kier alpha value is -0.933. The fourth-order valence-electron chi connectivity index (χ4n) is 3.62. The molecule has 192 valence electrons. The van der Waals surface area contributed by atoms with Gasteiger partial charge in [-0.25, -0.2) is 23.3 Å². The van der Waals surface area contributed by atoms with Crippen molar-refractivity contribution in [1.82, 2.24) is 0 Å². The van der Waals surface area contributed by atoms with Crippen molar-refractivity contribution in [2.75, 3.05) is 0 Å². The zero-order chi connectivity index (χ0) is 26.3. The monoisotopic (exact) mass is 702 g/mol. The Morgan fingerprint density at radius 1 is 0.611 bits per heavy atom. The average Bonchev–Trinajstić information content (AvgIpc) is 3.44. The molecule has 0 aromatic heterocycles. The summed E-state index contributed by atoms with van der Waals surface area (Å²) in [7, 11) is 0. The van der Waals surface area contributed by atoms with E-state index < -0.39 is 6.69 Å². The Balaban J connectivity index is 0.000000276. The molecule has 2 aromatic carbocycles. The zero-order valence-electron chi connectivity index (χ0n) is 23.1. The normalized spacial score (nSPS) is 15.2. The summed E-state index contributed by atoms with van der Waals surface area (Å²) >= 11 is 13.0. The average molecular weight is 702 g/mol. The van der Waals surface area contributed by atoms with E-state index in [0.29, 0.717) is 10.8 Å². The van der Waals surface area contributed by atoms with Crippen LogP contribution in [0.4, 0.5) is 0 Å². The van der Waals surface area contributed by atoms with Crippen molar-refractivity contribution >= 4 is 39.2 Å². The van der Waals surface area contributed by atoms with Crippen molar-refractivity contribution in [3.05, 3.63) is 107 Å². The summed E-state index contributed by atoms with van der Waals surface area (Å²) in [6.45, 7) is 15.2. The van der Waals surface area contributed by atoms with Crippen LogP contribution < -0.4 is 10.4 Å². The first-order chi connectivity index (χ1) is 16.2. The second-order valence-electron chi connectivity index (χ2n) is 11.2. The Bertz CT molecular complexity index is 993. The van der Waals surface area contributed by atoms with E-state index in [2.05, 4.69) is 79.7 Å². The topological polar surface area (TPSA) is 0 Å². The van der Waals surface area contributed by atoms with Crippen LogP contribution in [-0.2, 0) is 25.8 Å². The van der Waals surface area contributed by atoms with Crippen LogP contribution in [0.1, 0.15) is 68.2 Å². The van der Waals surface area contributed by atoms with Crippen molar-refractivity contribution in [1.29, 1.82) is 0 Å². The van der Waals surface area contributed by atoms with E-state index in [1.165, 1.54) is 22.3 Å².